The molecule has 0 spiro atoms. The highest BCUT2D eigenvalue weighted by Gasteiger charge is 2.28. The van der Waals surface area contributed by atoms with E-state index in [0.717, 1.165) is 68.6 Å². The highest BCUT2D eigenvalue weighted by Crippen LogP contribution is 2.41. The molecule has 2 unspecified atom stereocenters. The van der Waals surface area contributed by atoms with Crippen LogP contribution in [0.25, 0.3) is 22.3 Å². The molecule has 0 saturated heterocycles. The molecule has 5 N–H and O–H groups in total. The minimum atomic E-state index is -0.711. The van der Waals surface area contributed by atoms with Gasteiger partial charge in [-0.2, -0.15) is 0 Å². The van der Waals surface area contributed by atoms with Gasteiger partial charge in [0.25, 0.3) is 0 Å². The summed E-state index contributed by atoms with van der Waals surface area (Å²) >= 11 is 0. The fourth-order valence-corrected chi connectivity index (χ4v) is 5.97. The number of phenols is 1. The summed E-state index contributed by atoms with van der Waals surface area (Å²) in [5, 5.41) is 17.8. The summed E-state index contributed by atoms with van der Waals surface area (Å²) in [7, 11) is 0. The fraction of sp³-hybridized carbons (Fsp3) is 0.229. The number of hydrogen-bond donors (Lipinski definition) is 4. The lowest BCUT2D eigenvalue weighted by Gasteiger charge is -2.30. The van der Waals surface area contributed by atoms with Gasteiger partial charge in [0.05, 0.1) is 17.8 Å². The number of fused-ring (bicyclic) bond motifs is 2. The van der Waals surface area contributed by atoms with Crippen molar-refractivity contribution in [3.63, 3.8) is 0 Å². The topological polar surface area (TPSA) is 101 Å². The summed E-state index contributed by atoms with van der Waals surface area (Å²) < 4.78 is 6.31. The predicted molar refractivity (Wildman–Crippen MR) is 164 cm³/mol. The number of nitrogens with two attached hydrogens (primary N) is 1. The van der Waals surface area contributed by atoms with Crippen molar-refractivity contribution in [2.75, 3.05) is 11.9 Å². The lowest BCUT2D eigenvalue weighted by atomic mass is 9.89. The second-order valence-corrected chi connectivity index (χ2v) is 11.1. The first-order chi connectivity index (χ1) is 19.9. The average Bonchev–Trinajstić information content (AvgIpc) is 3.39. The number of hydrogen-bond acceptors (Lipinski definition) is 5. The normalized spacial score (nSPS) is 15.2. The Labute approximate surface area is 240 Å². The predicted octanol–water partition coefficient (Wildman–Crippen LogP) is 6.56. The Kier molecular flexibility index (Phi) is 7.25. The van der Waals surface area contributed by atoms with E-state index in [4.69, 9.17) is 10.2 Å². The molecular weight excluding hydrogens is 510 g/mol. The molecule has 0 bridgehead atoms. The number of phenolic OH excluding ortho intramolecular Hbond substituents is 1. The summed E-state index contributed by atoms with van der Waals surface area (Å²) in [5.74, 6) is 0.833. The van der Waals surface area contributed by atoms with Crippen LogP contribution in [0.15, 0.2) is 89.3 Å². The lowest BCUT2D eigenvalue weighted by molar-refractivity contribution is -0.123. The molecule has 0 aliphatic carbocycles. The smallest absolute Gasteiger partial charge is 0.237 e. The molecule has 1 aliphatic heterocycles. The second-order valence-electron chi connectivity index (χ2n) is 11.1. The van der Waals surface area contributed by atoms with Crippen molar-refractivity contribution in [2.45, 2.75) is 45.2 Å². The van der Waals surface area contributed by atoms with Crippen LogP contribution in [0.3, 0.4) is 0 Å². The summed E-state index contributed by atoms with van der Waals surface area (Å²) in [5.41, 5.74) is 15.5. The van der Waals surface area contributed by atoms with Crippen LogP contribution in [-0.2, 0) is 17.6 Å². The van der Waals surface area contributed by atoms with E-state index in [9.17, 15) is 9.90 Å². The minimum absolute atomic E-state index is 0.187. The van der Waals surface area contributed by atoms with E-state index in [-0.39, 0.29) is 17.7 Å². The van der Waals surface area contributed by atoms with Crippen molar-refractivity contribution in [2.24, 2.45) is 5.73 Å². The Hall–Kier alpha value is -4.55. The largest absolute Gasteiger partial charge is 0.508 e. The van der Waals surface area contributed by atoms with Gasteiger partial charge in [0.15, 0.2) is 0 Å². The first kappa shape index (κ1) is 26.7. The molecule has 4 aromatic carbocycles. The maximum absolute atomic E-state index is 13.4. The van der Waals surface area contributed by atoms with Crippen LogP contribution in [0, 0.1) is 13.8 Å². The van der Waals surface area contributed by atoms with Crippen LogP contribution >= 0.6 is 0 Å². The number of benzene rings is 4. The van der Waals surface area contributed by atoms with Gasteiger partial charge in [-0.25, -0.2) is 0 Å². The molecule has 2 atom stereocenters. The number of aryl methyl sites for hydroxylation is 2. The Bertz CT molecular complexity index is 1670. The number of carbonyl (C=O) groups is 1. The third-order valence-electron chi connectivity index (χ3n) is 8.04. The molecule has 2 heterocycles. The van der Waals surface area contributed by atoms with E-state index in [2.05, 4.69) is 59.2 Å². The highest BCUT2D eigenvalue weighted by atomic mass is 16.3. The van der Waals surface area contributed by atoms with E-state index in [0.29, 0.717) is 13.0 Å². The number of para-hydroxylation sites is 1. The minimum Gasteiger partial charge on any atom is -0.508 e. The molecule has 0 radical (unpaired) electrons. The van der Waals surface area contributed by atoms with Crippen LogP contribution in [0.1, 0.15) is 45.8 Å². The molecule has 1 amide bonds. The van der Waals surface area contributed by atoms with Gasteiger partial charge in [-0.05, 0) is 96.8 Å². The van der Waals surface area contributed by atoms with Gasteiger partial charge in [-0.15, -0.1) is 0 Å². The maximum atomic E-state index is 13.4. The number of amides is 1. The summed E-state index contributed by atoms with van der Waals surface area (Å²) in [4.78, 5) is 13.4. The van der Waals surface area contributed by atoms with Crippen molar-refractivity contribution in [3.05, 3.63) is 118 Å². The Morgan fingerprint density at radius 2 is 1.73 bits per heavy atom. The van der Waals surface area contributed by atoms with Crippen molar-refractivity contribution < 1.29 is 14.3 Å². The van der Waals surface area contributed by atoms with E-state index in [1.54, 1.807) is 12.1 Å². The molecule has 6 heteroatoms. The monoisotopic (exact) mass is 545 g/mol. The fourth-order valence-electron chi connectivity index (χ4n) is 5.97. The van der Waals surface area contributed by atoms with E-state index >= 15 is 0 Å². The summed E-state index contributed by atoms with van der Waals surface area (Å²) in [6.45, 7) is 4.59. The second kappa shape index (κ2) is 11.1. The number of anilines is 1. The SMILES string of the molecule is Cc1cc(O)cc(C)c1CC(N)C(=O)NC1CCNc2c(-c3cc4ccccc4o3)cc(Cc3ccccc3)cc21. The van der Waals surface area contributed by atoms with Crippen molar-refractivity contribution in [1.82, 2.24) is 5.32 Å². The molecule has 6 rings (SSSR count). The van der Waals surface area contributed by atoms with Gasteiger partial charge in [-0.1, -0.05) is 54.6 Å². The molecule has 0 fully saturated rings. The third kappa shape index (κ3) is 5.56. The van der Waals surface area contributed by atoms with Crippen molar-refractivity contribution in [1.29, 1.82) is 0 Å². The van der Waals surface area contributed by atoms with Crippen molar-refractivity contribution in [3.8, 4) is 17.1 Å². The molecule has 5 aromatic rings. The number of furan rings is 1. The van der Waals surface area contributed by atoms with Crippen LogP contribution in [0.2, 0.25) is 0 Å². The zero-order chi connectivity index (χ0) is 28.5. The van der Waals surface area contributed by atoms with Crippen LogP contribution in [0.4, 0.5) is 5.69 Å². The Morgan fingerprint density at radius 1 is 1.00 bits per heavy atom. The van der Waals surface area contributed by atoms with Gasteiger partial charge < -0.3 is 25.9 Å². The van der Waals surface area contributed by atoms with Gasteiger partial charge in [0.1, 0.15) is 17.1 Å². The molecule has 41 heavy (non-hydrogen) atoms. The average molecular weight is 546 g/mol. The quantitative estimate of drug-likeness (QED) is 0.186. The number of rotatable bonds is 7. The van der Waals surface area contributed by atoms with Gasteiger partial charge in [0.2, 0.25) is 5.91 Å². The molecule has 1 aliphatic rings. The molecule has 0 saturated carbocycles. The molecular formula is C35H35N3O3. The third-order valence-corrected chi connectivity index (χ3v) is 8.04. The molecule has 1 aromatic heterocycles. The van der Waals surface area contributed by atoms with Crippen LogP contribution in [-0.4, -0.2) is 23.6 Å². The number of nitrogens with one attached hydrogen (secondary N) is 2. The molecule has 208 valence electrons. The zero-order valence-corrected chi connectivity index (χ0v) is 23.4. The van der Waals surface area contributed by atoms with Gasteiger partial charge >= 0.3 is 0 Å². The first-order valence-electron chi connectivity index (χ1n) is 14.1. The van der Waals surface area contributed by atoms with Crippen molar-refractivity contribution >= 4 is 22.6 Å². The van der Waals surface area contributed by atoms with Crippen LogP contribution < -0.4 is 16.4 Å². The highest BCUT2D eigenvalue weighted by molar-refractivity contribution is 5.88. The number of aromatic hydroxyl groups is 1. The Morgan fingerprint density at radius 3 is 2.49 bits per heavy atom. The van der Waals surface area contributed by atoms with E-state index in [1.807, 2.05) is 38.1 Å². The standard InChI is InChI=1S/C35H35N3O3/c1-21-14-26(39)15-22(2)27(21)20-30(36)35(40)38-31-12-13-37-34-28(31)17-24(16-23-8-4-3-5-9-23)18-29(34)33-19-25-10-6-7-11-32(25)41-33/h3-11,14-15,17-19,30-31,37,39H,12-13,16,20,36H2,1-2H3,(H,38,40). The van der Waals surface area contributed by atoms with Crippen LogP contribution in [0.5, 0.6) is 5.75 Å². The maximum Gasteiger partial charge on any atom is 0.237 e. The Balaban J connectivity index is 1.34. The first-order valence-corrected chi connectivity index (χ1v) is 14.1. The van der Waals surface area contributed by atoms with Gasteiger partial charge in [0, 0.05) is 17.5 Å². The van der Waals surface area contributed by atoms with E-state index in [1.165, 1.54) is 5.56 Å². The molecule has 6 nitrogen and oxygen atoms in total. The number of carbonyl (C=O) groups excluding carboxylic acids is 1. The van der Waals surface area contributed by atoms with Gasteiger partial charge in [-0.3, -0.25) is 4.79 Å². The summed E-state index contributed by atoms with van der Waals surface area (Å²) in [6.07, 6.45) is 1.91. The zero-order valence-electron chi connectivity index (χ0n) is 23.4. The summed E-state index contributed by atoms with van der Waals surface area (Å²) in [6, 6.07) is 27.4. The lowest BCUT2D eigenvalue weighted by Crippen LogP contribution is -2.44. The van der Waals surface area contributed by atoms with E-state index < -0.39 is 6.04 Å².